The van der Waals surface area contributed by atoms with Crippen LogP contribution >= 0.6 is 0 Å². The molecule has 1 heterocycles. The van der Waals surface area contributed by atoms with E-state index in [4.69, 9.17) is 5.73 Å². The van der Waals surface area contributed by atoms with Gasteiger partial charge in [-0.1, -0.05) is 13.8 Å². The Morgan fingerprint density at radius 2 is 1.95 bits per heavy atom. The standard InChI is InChI=1S/C13H25N3O2S/c1-5-12(14)9-13-10(3)15-16(11(13)4)7-8-19(17,18)6-2/h12H,5-9,14H2,1-4H3. The molecule has 0 radical (unpaired) electrons. The molecular formula is C13H25N3O2S. The summed E-state index contributed by atoms with van der Waals surface area (Å²) in [5.74, 6) is 0.324. The second-order valence-corrected chi connectivity index (χ2v) is 7.45. The Balaban J connectivity index is 2.85. The molecule has 0 aromatic carbocycles. The second-order valence-electron chi connectivity index (χ2n) is 4.98. The highest BCUT2D eigenvalue weighted by atomic mass is 32.2. The van der Waals surface area contributed by atoms with Gasteiger partial charge in [-0.15, -0.1) is 0 Å². The van der Waals surface area contributed by atoms with Gasteiger partial charge in [-0.25, -0.2) is 8.42 Å². The topological polar surface area (TPSA) is 78.0 Å². The summed E-state index contributed by atoms with van der Waals surface area (Å²) in [6.45, 7) is 8.09. The van der Waals surface area contributed by atoms with Gasteiger partial charge in [0.05, 0.1) is 18.0 Å². The first-order valence-electron chi connectivity index (χ1n) is 6.79. The van der Waals surface area contributed by atoms with E-state index in [9.17, 15) is 8.42 Å². The molecule has 5 nitrogen and oxygen atoms in total. The number of hydrogen-bond acceptors (Lipinski definition) is 4. The zero-order valence-electron chi connectivity index (χ0n) is 12.3. The number of aromatic nitrogens is 2. The van der Waals surface area contributed by atoms with Crippen molar-refractivity contribution in [3.05, 3.63) is 17.0 Å². The molecule has 1 unspecified atom stereocenters. The quantitative estimate of drug-likeness (QED) is 0.818. The van der Waals surface area contributed by atoms with Crippen LogP contribution in [0.5, 0.6) is 0 Å². The maximum Gasteiger partial charge on any atom is 0.151 e. The maximum atomic E-state index is 11.5. The molecule has 1 atom stereocenters. The van der Waals surface area contributed by atoms with Crippen LogP contribution in [-0.2, 0) is 22.8 Å². The van der Waals surface area contributed by atoms with Crippen molar-refractivity contribution >= 4 is 9.84 Å². The van der Waals surface area contributed by atoms with Gasteiger partial charge in [-0.2, -0.15) is 5.10 Å². The third-order valence-corrected chi connectivity index (χ3v) is 5.26. The third-order valence-electron chi connectivity index (χ3n) is 3.58. The fourth-order valence-corrected chi connectivity index (χ4v) is 2.76. The van der Waals surface area contributed by atoms with Crippen LogP contribution in [-0.4, -0.2) is 35.7 Å². The lowest BCUT2D eigenvalue weighted by Gasteiger charge is -2.09. The summed E-state index contributed by atoms with van der Waals surface area (Å²) in [6, 6.07) is 0.134. The van der Waals surface area contributed by atoms with Gasteiger partial charge in [0.1, 0.15) is 0 Å². The lowest BCUT2D eigenvalue weighted by molar-refractivity contribution is 0.576. The monoisotopic (exact) mass is 287 g/mol. The van der Waals surface area contributed by atoms with Crippen LogP contribution in [0.15, 0.2) is 0 Å². The van der Waals surface area contributed by atoms with Gasteiger partial charge in [0, 0.05) is 17.5 Å². The molecule has 2 N–H and O–H groups in total. The zero-order chi connectivity index (χ0) is 14.6. The number of hydrogen-bond donors (Lipinski definition) is 1. The van der Waals surface area contributed by atoms with Gasteiger partial charge < -0.3 is 5.73 Å². The molecule has 1 aromatic heterocycles. The molecule has 0 aliphatic carbocycles. The Morgan fingerprint density at radius 3 is 2.47 bits per heavy atom. The molecular weight excluding hydrogens is 262 g/mol. The minimum atomic E-state index is -2.95. The van der Waals surface area contributed by atoms with Crippen molar-refractivity contribution in [1.29, 1.82) is 0 Å². The molecule has 0 fully saturated rings. The molecule has 0 amide bonds. The van der Waals surface area contributed by atoms with Gasteiger partial charge in [0.15, 0.2) is 9.84 Å². The van der Waals surface area contributed by atoms with Crippen LogP contribution < -0.4 is 5.73 Å². The van der Waals surface area contributed by atoms with Crippen molar-refractivity contribution < 1.29 is 8.42 Å². The van der Waals surface area contributed by atoms with Crippen molar-refractivity contribution in [3.63, 3.8) is 0 Å². The predicted molar refractivity (Wildman–Crippen MR) is 78.0 cm³/mol. The Kier molecular flexibility index (Phi) is 5.55. The molecule has 0 spiro atoms. The van der Waals surface area contributed by atoms with E-state index in [1.165, 1.54) is 0 Å². The van der Waals surface area contributed by atoms with E-state index in [0.29, 0.717) is 6.54 Å². The number of rotatable bonds is 7. The smallest absolute Gasteiger partial charge is 0.151 e. The van der Waals surface area contributed by atoms with Gasteiger partial charge >= 0.3 is 0 Å². The average Bonchev–Trinajstić information content (AvgIpc) is 2.64. The predicted octanol–water partition coefficient (Wildman–Crippen LogP) is 1.21. The Hall–Kier alpha value is -0.880. The van der Waals surface area contributed by atoms with Crippen molar-refractivity contribution in [3.8, 4) is 0 Å². The first-order chi connectivity index (χ1) is 8.80. The van der Waals surface area contributed by atoms with Crippen molar-refractivity contribution in [1.82, 2.24) is 9.78 Å². The fraction of sp³-hybridized carbons (Fsp3) is 0.769. The molecule has 0 aliphatic rings. The highest BCUT2D eigenvalue weighted by Gasteiger charge is 2.15. The van der Waals surface area contributed by atoms with E-state index in [1.54, 1.807) is 11.6 Å². The molecule has 1 aromatic rings. The summed E-state index contributed by atoms with van der Waals surface area (Å²) in [7, 11) is -2.95. The summed E-state index contributed by atoms with van der Waals surface area (Å²) in [5, 5.41) is 4.43. The van der Waals surface area contributed by atoms with E-state index in [0.717, 1.165) is 29.8 Å². The molecule has 0 saturated carbocycles. The van der Waals surface area contributed by atoms with Crippen molar-refractivity contribution in [2.45, 2.75) is 53.1 Å². The largest absolute Gasteiger partial charge is 0.327 e. The highest BCUT2D eigenvalue weighted by Crippen LogP contribution is 2.15. The molecule has 0 saturated heterocycles. The van der Waals surface area contributed by atoms with E-state index < -0.39 is 9.84 Å². The second kappa shape index (κ2) is 6.52. The number of nitrogens with two attached hydrogens (primary N) is 1. The summed E-state index contributed by atoms with van der Waals surface area (Å²) in [6.07, 6.45) is 1.73. The number of aryl methyl sites for hydroxylation is 2. The van der Waals surface area contributed by atoms with Crippen LogP contribution in [0.2, 0.25) is 0 Å². The highest BCUT2D eigenvalue weighted by molar-refractivity contribution is 7.91. The lowest BCUT2D eigenvalue weighted by atomic mass is 10.0. The average molecular weight is 287 g/mol. The molecule has 0 aliphatic heterocycles. The van der Waals surface area contributed by atoms with Gasteiger partial charge in [0.2, 0.25) is 0 Å². The Bertz CT molecular complexity index is 520. The number of sulfone groups is 1. The van der Waals surface area contributed by atoms with Gasteiger partial charge in [-0.05, 0) is 32.3 Å². The zero-order valence-corrected chi connectivity index (χ0v) is 13.1. The molecule has 19 heavy (non-hydrogen) atoms. The summed E-state index contributed by atoms with van der Waals surface area (Å²) >= 11 is 0. The first kappa shape index (κ1) is 16.2. The van der Waals surface area contributed by atoms with Crippen LogP contribution in [0, 0.1) is 13.8 Å². The minimum Gasteiger partial charge on any atom is -0.327 e. The molecule has 0 bridgehead atoms. The molecule has 1 rings (SSSR count). The lowest BCUT2D eigenvalue weighted by Crippen LogP contribution is -2.22. The summed E-state index contributed by atoms with van der Waals surface area (Å²) in [5.41, 5.74) is 9.13. The minimum absolute atomic E-state index is 0.134. The van der Waals surface area contributed by atoms with Crippen LogP contribution in [0.1, 0.15) is 37.2 Å². The SMILES string of the molecule is CCC(N)Cc1c(C)nn(CCS(=O)(=O)CC)c1C. The normalized spacial score (nSPS) is 13.7. The van der Waals surface area contributed by atoms with E-state index >= 15 is 0 Å². The summed E-state index contributed by atoms with van der Waals surface area (Å²) < 4.78 is 24.9. The van der Waals surface area contributed by atoms with Gasteiger partial charge in [-0.3, -0.25) is 4.68 Å². The van der Waals surface area contributed by atoms with Crippen LogP contribution in [0.25, 0.3) is 0 Å². The van der Waals surface area contributed by atoms with Gasteiger partial charge in [0.25, 0.3) is 0 Å². The fourth-order valence-electron chi connectivity index (χ4n) is 2.02. The van der Waals surface area contributed by atoms with E-state index in [1.807, 2.05) is 13.8 Å². The molecule has 110 valence electrons. The van der Waals surface area contributed by atoms with Crippen LogP contribution in [0.3, 0.4) is 0 Å². The third kappa shape index (κ3) is 4.31. The van der Waals surface area contributed by atoms with Crippen molar-refractivity contribution in [2.24, 2.45) is 5.73 Å². The Labute approximate surface area is 116 Å². The summed E-state index contributed by atoms with van der Waals surface area (Å²) in [4.78, 5) is 0. The first-order valence-corrected chi connectivity index (χ1v) is 8.61. The number of nitrogens with zero attached hydrogens (tertiary/aromatic N) is 2. The van der Waals surface area contributed by atoms with Crippen molar-refractivity contribution in [2.75, 3.05) is 11.5 Å². The van der Waals surface area contributed by atoms with E-state index in [2.05, 4.69) is 12.0 Å². The Morgan fingerprint density at radius 1 is 1.32 bits per heavy atom. The van der Waals surface area contributed by atoms with E-state index in [-0.39, 0.29) is 17.5 Å². The maximum absolute atomic E-state index is 11.5. The molecule has 6 heteroatoms. The van der Waals surface area contributed by atoms with Crippen LogP contribution in [0.4, 0.5) is 0 Å².